The van der Waals surface area contributed by atoms with Crippen molar-refractivity contribution in [2.24, 2.45) is 0 Å². The molecule has 18 heavy (non-hydrogen) atoms. The lowest BCUT2D eigenvalue weighted by molar-refractivity contribution is -0.138. The zero-order chi connectivity index (χ0) is 13.7. The highest BCUT2D eigenvalue weighted by Crippen LogP contribution is 2.11. The molecular formula is C14H17NO3. The van der Waals surface area contributed by atoms with Crippen LogP contribution in [0.5, 0.6) is 0 Å². The molecule has 0 aliphatic carbocycles. The molecule has 1 aromatic heterocycles. The van der Waals surface area contributed by atoms with Crippen molar-refractivity contribution >= 4 is 11.8 Å². The Hall–Kier alpha value is -1.97. The number of pyridine rings is 1. The predicted molar refractivity (Wildman–Crippen MR) is 68.4 cm³/mol. The topological polar surface area (TPSA) is 56.3 Å². The maximum Gasteiger partial charge on any atom is 0.341 e. The summed E-state index contributed by atoms with van der Waals surface area (Å²) in [4.78, 5) is 27.9. The van der Waals surface area contributed by atoms with Crippen molar-refractivity contribution in [1.29, 1.82) is 0 Å². The molecule has 0 fully saturated rings. The molecule has 0 saturated carbocycles. The minimum Gasteiger partial charge on any atom is -0.462 e. The van der Waals surface area contributed by atoms with Crippen LogP contribution < -0.4 is 0 Å². The van der Waals surface area contributed by atoms with E-state index in [1.807, 2.05) is 19.9 Å². The molecule has 0 N–H and O–H groups in total. The van der Waals surface area contributed by atoms with E-state index in [-0.39, 0.29) is 17.9 Å². The Morgan fingerprint density at radius 2 is 2.00 bits per heavy atom. The second kappa shape index (κ2) is 6.10. The standard InChI is InChI=1S/C14H17NO3/c1-5-11(14(17)18-6-2)13(16)12-8-7-9(3)10(4)15-12/h5,7-8H,6H2,1-4H3/b11-5-. The van der Waals surface area contributed by atoms with Gasteiger partial charge in [-0.15, -0.1) is 0 Å². The zero-order valence-electron chi connectivity index (χ0n) is 11.1. The molecule has 4 nitrogen and oxygen atoms in total. The fourth-order valence-corrected chi connectivity index (χ4v) is 1.45. The largest absolute Gasteiger partial charge is 0.462 e. The summed E-state index contributed by atoms with van der Waals surface area (Å²) in [6.45, 7) is 7.31. The summed E-state index contributed by atoms with van der Waals surface area (Å²) in [7, 11) is 0. The Labute approximate surface area is 107 Å². The number of Topliss-reactive ketones (excluding diaryl/α,β-unsaturated/α-hetero) is 1. The van der Waals surface area contributed by atoms with Crippen LogP contribution in [-0.2, 0) is 9.53 Å². The number of carbonyl (C=O) groups is 2. The van der Waals surface area contributed by atoms with Gasteiger partial charge in [0.25, 0.3) is 0 Å². The van der Waals surface area contributed by atoms with Crippen LogP contribution in [0.25, 0.3) is 0 Å². The molecular weight excluding hydrogens is 230 g/mol. The van der Waals surface area contributed by atoms with Crippen LogP contribution in [0.1, 0.15) is 35.6 Å². The molecule has 96 valence electrons. The number of esters is 1. The maximum absolute atomic E-state index is 12.1. The average molecular weight is 247 g/mol. The van der Waals surface area contributed by atoms with E-state index in [0.717, 1.165) is 11.3 Å². The number of ketones is 1. The Bertz CT molecular complexity index is 504. The van der Waals surface area contributed by atoms with Crippen LogP contribution in [0.3, 0.4) is 0 Å². The molecule has 0 aliphatic heterocycles. The normalized spacial score (nSPS) is 11.2. The van der Waals surface area contributed by atoms with E-state index >= 15 is 0 Å². The van der Waals surface area contributed by atoms with Crippen LogP contribution in [0, 0.1) is 13.8 Å². The van der Waals surface area contributed by atoms with Crippen molar-refractivity contribution in [2.75, 3.05) is 6.61 Å². The van der Waals surface area contributed by atoms with E-state index in [0.29, 0.717) is 0 Å². The lowest BCUT2D eigenvalue weighted by Crippen LogP contribution is -2.17. The number of nitrogens with zero attached hydrogens (tertiary/aromatic N) is 1. The third-order valence-electron chi connectivity index (χ3n) is 2.61. The summed E-state index contributed by atoms with van der Waals surface area (Å²) >= 11 is 0. The quantitative estimate of drug-likeness (QED) is 0.269. The van der Waals surface area contributed by atoms with E-state index < -0.39 is 11.8 Å². The molecule has 0 unspecified atom stereocenters. The van der Waals surface area contributed by atoms with Crippen LogP contribution in [0.4, 0.5) is 0 Å². The van der Waals surface area contributed by atoms with Gasteiger partial charge in [0, 0.05) is 5.69 Å². The van der Waals surface area contributed by atoms with Crippen LogP contribution >= 0.6 is 0 Å². The number of ether oxygens (including phenoxy) is 1. The number of aryl methyl sites for hydroxylation is 2. The molecule has 0 atom stereocenters. The smallest absolute Gasteiger partial charge is 0.341 e. The fraction of sp³-hybridized carbons (Fsp3) is 0.357. The number of allylic oxidation sites excluding steroid dienone is 1. The minimum absolute atomic E-state index is 0.0209. The first-order valence-electron chi connectivity index (χ1n) is 5.83. The van der Waals surface area contributed by atoms with Gasteiger partial charge >= 0.3 is 5.97 Å². The van der Waals surface area contributed by atoms with Crippen LogP contribution in [-0.4, -0.2) is 23.3 Å². The summed E-state index contributed by atoms with van der Waals surface area (Å²) in [5.74, 6) is -1.01. The predicted octanol–water partition coefficient (Wildman–Crippen LogP) is 2.39. The van der Waals surface area contributed by atoms with Crippen molar-refractivity contribution < 1.29 is 14.3 Å². The highest BCUT2D eigenvalue weighted by Gasteiger charge is 2.21. The van der Waals surface area contributed by atoms with E-state index in [2.05, 4.69) is 4.98 Å². The molecule has 0 saturated heterocycles. The van der Waals surface area contributed by atoms with E-state index in [4.69, 9.17) is 4.74 Å². The second-order valence-electron chi connectivity index (χ2n) is 3.85. The minimum atomic E-state index is -0.606. The first-order valence-corrected chi connectivity index (χ1v) is 5.83. The Kier molecular flexibility index (Phi) is 4.77. The summed E-state index contributed by atoms with van der Waals surface area (Å²) in [5, 5.41) is 0. The molecule has 1 heterocycles. The van der Waals surface area contributed by atoms with Crippen molar-refractivity contribution in [3.63, 3.8) is 0 Å². The zero-order valence-corrected chi connectivity index (χ0v) is 11.1. The highest BCUT2D eigenvalue weighted by atomic mass is 16.5. The number of hydrogen-bond donors (Lipinski definition) is 0. The van der Waals surface area contributed by atoms with Crippen molar-refractivity contribution in [3.05, 3.63) is 40.7 Å². The van der Waals surface area contributed by atoms with Gasteiger partial charge in [0.05, 0.1) is 6.61 Å². The van der Waals surface area contributed by atoms with Crippen LogP contribution in [0.2, 0.25) is 0 Å². The second-order valence-corrected chi connectivity index (χ2v) is 3.85. The fourth-order valence-electron chi connectivity index (χ4n) is 1.45. The number of aromatic nitrogens is 1. The van der Waals surface area contributed by atoms with Gasteiger partial charge in [-0.25, -0.2) is 9.78 Å². The first kappa shape index (κ1) is 14.1. The van der Waals surface area contributed by atoms with Gasteiger partial charge in [-0.3, -0.25) is 4.79 Å². The number of rotatable bonds is 4. The molecule has 1 aromatic rings. The Morgan fingerprint density at radius 1 is 1.33 bits per heavy atom. The molecule has 0 aromatic carbocycles. The third kappa shape index (κ3) is 3.03. The average Bonchev–Trinajstić information content (AvgIpc) is 2.33. The third-order valence-corrected chi connectivity index (χ3v) is 2.61. The molecule has 1 rings (SSSR count). The lowest BCUT2D eigenvalue weighted by Gasteiger charge is -2.06. The Morgan fingerprint density at radius 3 is 2.50 bits per heavy atom. The highest BCUT2D eigenvalue weighted by molar-refractivity contribution is 6.23. The van der Waals surface area contributed by atoms with Gasteiger partial charge in [-0.1, -0.05) is 12.1 Å². The molecule has 0 aliphatic rings. The van der Waals surface area contributed by atoms with E-state index in [9.17, 15) is 9.59 Å². The molecule has 4 heteroatoms. The maximum atomic E-state index is 12.1. The summed E-state index contributed by atoms with van der Waals surface area (Å²) in [5.41, 5.74) is 2.07. The SMILES string of the molecule is C/C=C(\C(=O)OCC)C(=O)c1ccc(C)c(C)n1. The summed E-state index contributed by atoms with van der Waals surface area (Å²) in [6.07, 6.45) is 1.46. The van der Waals surface area contributed by atoms with Crippen molar-refractivity contribution in [1.82, 2.24) is 4.98 Å². The van der Waals surface area contributed by atoms with Crippen LogP contribution in [0.15, 0.2) is 23.8 Å². The van der Waals surface area contributed by atoms with Gasteiger partial charge in [0.15, 0.2) is 0 Å². The van der Waals surface area contributed by atoms with E-state index in [1.165, 1.54) is 6.08 Å². The first-order chi connectivity index (χ1) is 8.51. The summed E-state index contributed by atoms with van der Waals surface area (Å²) < 4.78 is 4.84. The number of carbonyl (C=O) groups excluding carboxylic acids is 2. The van der Waals surface area contributed by atoms with Gasteiger partial charge in [-0.2, -0.15) is 0 Å². The molecule has 0 amide bonds. The van der Waals surface area contributed by atoms with Gasteiger partial charge in [-0.05, 0) is 39.3 Å². The van der Waals surface area contributed by atoms with Gasteiger partial charge in [0.1, 0.15) is 11.3 Å². The van der Waals surface area contributed by atoms with Crippen molar-refractivity contribution in [3.8, 4) is 0 Å². The van der Waals surface area contributed by atoms with Crippen molar-refractivity contribution in [2.45, 2.75) is 27.7 Å². The lowest BCUT2D eigenvalue weighted by atomic mass is 10.1. The van der Waals surface area contributed by atoms with Gasteiger partial charge in [0.2, 0.25) is 5.78 Å². The molecule has 0 spiro atoms. The Balaban J connectivity index is 3.05. The molecule has 0 radical (unpaired) electrons. The monoisotopic (exact) mass is 247 g/mol. The number of hydrogen-bond acceptors (Lipinski definition) is 4. The molecule has 0 bridgehead atoms. The summed E-state index contributed by atoms with van der Waals surface area (Å²) in [6, 6.07) is 3.43. The van der Waals surface area contributed by atoms with Gasteiger partial charge < -0.3 is 4.74 Å². The van der Waals surface area contributed by atoms with E-state index in [1.54, 1.807) is 19.9 Å².